The van der Waals surface area contributed by atoms with E-state index in [0.29, 0.717) is 13.2 Å². The Kier molecular flexibility index (Phi) is 6.70. The van der Waals surface area contributed by atoms with E-state index in [4.69, 9.17) is 4.74 Å². The summed E-state index contributed by atoms with van der Waals surface area (Å²) in [6.45, 7) is 9.60. The fourth-order valence-corrected chi connectivity index (χ4v) is 4.07. The first-order valence-electron chi connectivity index (χ1n) is 10.7. The van der Waals surface area contributed by atoms with Gasteiger partial charge in [-0.25, -0.2) is 9.97 Å². The molecule has 2 aromatic heterocycles. The van der Waals surface area contributed by atoms with Gasteiger partial charge in [-0.2, -0.15) is 0 Å². The molecule has 1 aliphatic heterocycles. The number of anilines is 1. The molecule has 0 saturated carbocycles. The van der Waals surface area contributed by atoms with Crippen LogP contribution in [0.4, 0.5) is 5.69 Å². The molecule has 4 rings (SSSR count). The molecule has 0 aliphatic carbocycles. The highest BCUT2D eigenvalue weighted by Crippen LogP contribution is 2.31. The summed E-state index contributed by atoms with van der Waals surface area (Å²) in [7, 11) is 0. The minimum absolute atomic E-state index is 0.268. The standard InChI is InChI=1S/C26H27BrN4O/c1-17(2)26-29-11-9-23(30-26)24-14-21(8-10-28-24)31-15-22(27)25(13-19(31)4)32-16-20-7-5-6-18(3)12-20/h5-14,17H,15-16H2,1-4H3. The number of benzene rings is 1. The molecule has 1 aliphatic rings. The van der Waals surface area contributed by atoms with E-state index in [1.165, 1.54) is 5.56 Å². The molecule has 1 aromatic carbocycles. The van der Waals surface area contributed by atoms with Crippen LogP contribution in [0.5, 0.6) is 0 Å². The number of nitrogens with zero attached hydrogens (tertiary/aromatic N) is 4. The van der Waals surface area contributed by atoms with Crippen molar-refractivity contribution in [3.8, 4) is 11.4 Å². The zero-order valence-electron chi connectivity index (χ0n) is 18.8. The molecule has 3 aromatic rings. The third kappa shape index (κ3) is 5.07. The Balaban J connectivity index is 1.53. The van der Waals surface area contributed by atoms with Gasteiger partial charge in [0.15, 0.2) is 0 Å². The molecule has 6 heteroatoms. The Bertz CT molecular complexity index is 1190. The van der Waals surface area contributed by atoms with Crippen molar-refractivity contribution in [2.75, 3.05) is 11.4 Å². The Hall–Kier alpha value is -2.99. The minimum Gasteiger partial charge on any atom is -0.488 e. The summed E-state index contributed by atoms with van der Waals surface area (Å²) >= 11 is 3.73. The minimum atomic E-state index is 0.268. The number of pyridine rings is 1. The normalized spacial score (nSPS) is 14.1. The van der Waals surface area contributed by atoms with Gasteiger partial charge in [-0.05, 0) is 53.5 Å². The second-order valence-electron chi connectivity index (χ2n) is 8.27. The smallest absolute Gasteiger partial charge is 0.133 e. The van der Waals surface area contributed by atoms with Gasteiger partial charge in [0.05, 0.1) is 22.4 Å². The number of aromatic nitrogens is 3. The summed E-state index contributed by atoms with van der Waals surface area (Å²) in [4.78, 5) is 15.8. The van der Waals surface area contributed by atoms with Gasteiger partial charge in [-0.15, -0.1) is 0 Å². The summed E-state index contributed by atoms with van der Waals surface area (Å²) in [5.74, 6) is 1.96. The Morgan fingerprint density at radius 3 is 2.62 bits per heavy atom. The number of allylic oxidation sites excluding steroid dienone is 2. The van der Waals surface area contributed by atoms with Gasteiger partial charge in [-0.3, -0.25) is 4.98 Å². The van der Waals surface area contributed by atoms with Crippen molar-refractivity contribution in [3.05, 3.63) is 93.8 Å². The van der Waals surface area contributed by atoms with Gasteiger partial charge in [-0.1, -0.05) is 43.7 Å². The van der Waals surface area contributed by atoms with Crippen molar-refractivity contribution in [1.29, 1.82) is 0 Å². The van der Waals surface area contributed by atoms with Crippen molar-refractivity contribution < 1.29 is 4.74 Å². The maximum absolute atomic E-state index is 6.12. The molecule has 0 spiro atoms. The largest absolute Gasteiger partial charge is 0.488 e. The van der Waals surface area contributed by atoms with Gasteiger partial charge in [0.2, 0.25) is 0 Å². The number of halogens is 1. The van der Waals surface area contributed by atoms with Gasteiger partial charge in [0.1, 0.15) is 18.2 Å². The molecular weight excluding hydrogens is 464 g/mol. The molecule has 0 fully saturated rings. The Labute approximate surface area is 198 Å². The average Bonchev–Trinajstić information content (AvgIpc) is 2.79. The predicted molar refractivity (Wildman–Crippen MR) is 132 cm³/mol. The Morgan fingerprint density at radius 1 is 1.03 bits per heavy atom. The average molecular weight is 491 g/mol. The quantitative estimate of drug-likeness (QED) is 0.393. The third-order valence-electron chi connectivity index (χ3n) is 5.32. The van der Waals surface area contributed by atoms with Gasteiger partial charge >= 0.3 is 0 Å². The van der Waals surface area contributed by atoms with Crippen molar-refractivity contribution in [1.82, 2.24) is 15.0 Å². The van der Waals surface area contributed by atoms with Crippen LogP contribution in [0.3, 0.4) is 0 Å². The lowest BCUT2D eigenvalue weighted by Crippen LogP contribution is -2.26. The Morgan fingerprint density at radius 2 is 1.84 bits per heavy atom. The highest BCUT2D eigenvalue weighted by Gasteiger charge is 2.20. The molecule has 3 heterocycles. The topological polar surface area (TPSA) is 51.1 Å². The molecule has 0 amide bonds. The zero-order chi connectivity index (χ0) is 22.7. The van der Waals surface area contributed by atoms with Gasteiger partial charge in [0, 0.05) is 35.8 Å². The maximum Gasteiger partial charge on any atom is 0.133 e. The van der Waals surface area contributed by atoms with Crippen LogP contribution >= 0.6 is 15.9 Å². The van der Waals surface area contributed by atoms with E-state index in [-0.39, 0.29) is 5.92 Å². The number of hydrogen-bond acceptors (Lipinski definition) is 5. The molecule has 0 unspecified atom stereocenters. The number of rotatable bonds is 6. The second kappa shape index (κ2) is 9.65. The number of aryl methyl sites for hydroxylation is 1. The highest BCUT2D eigenvalue weighted by atomic mass is 79.9. The van der Waals surface area contributed by atoms with E-state index in [9.17, 15) is 0 Å². The van der Waals surface area contributed by atoms with E-state index in [1.54, 1.807) is 6.20 Å². The van der Waals surface area contributed by atoms with Crippen LogP contribution in [0.25, 0.3) is 11.4 Å². The molecule has 164 valence electrons. The molecule has 5 nitrogen and oxygen atoms in total. The van der Waals surface area contributed by atoms with Crippen LogP contribution in [0, 0.1) is 6.92 Å². The second-order valence-corrected chi connectivity index (χ2v) is 9.23. The van der Waals surface area contributed by atoms with Crippen molar-refractivity contribution in [3.63, 3.8) is 0 Å². The third-order valence-corrected chi connectivity index (χ3v) is 5.96. The SMILES string of the molecule is CC1=CC(OCc2cccc(C)c2)=C(Br)CN1c1ccnc(-c2ccnc(C(C)C)n2)c1. The summed E-state index contributed by atoms with van der Waals surface area (Å²) in [5, 5.41) is 0. The number of hydrogen-bond donors (Lipinski definition) is 0. The van der Waals surface area contributed by atoms with Crippen molar-refractivity contribution >= 4 is 21.6 Å². The molecule has 0 atom stereocenters. The van der Waals surface area contributed by atoms with Crippen molar-refractivity contribution in [2.45, 2.75) is 40.2 Å². The zero-order valence-corrected chi connectivity index (χ0v) is 20.4. The van der Waals surface area contributed by atoms with Crippen LogP contribution < -0.4 is 4.90 Å². The summed E-state index contributed by atoms with van der Waals surface area (Å²) in [5.41, 5.74) is 6.23. The summed E-state index contributed by atoms with van der Waals surface area (Å²) in [6, 6.07) is 14.4. The summed E-state index contributed by atoms with van der Waals surface area (Å²) < 4.78 is 7.13. The first kappa shape index (κ1) is 22.2. The highest BCUT2D eigenvalue weighted by molar-refractivity contribution is 9.11. The first-order chi connectivity index (χ1) is 15.4. The number of ether oxygens (including phenoxy) is 1. The lowest BCUT2D eigenvalue weighted by Gasteiger charge is -2.30. The monoisotopic (exact) mass is 490 g/mol. The van der Waals surface area contributed by atoms with E-state index < -0.39 is 0 Å². The molecular formula is C26H27BrN4O. The van der Waals surface area contributed by atoms with Crippen LogP contribution in [0.15, 0.2) is 76.9 Å². The van der Waals surface area contributed by atoms with E-state index in [2.05, 4.69) is 99.9 Å². The fourth-order valence-electron chi connectivity index (χ4n) is 3.59. The molecule has 32 heavy (non-hydrogen) atoms. The molecule has 0 N–H and O–H groups in total. The van der Waals surface area contributed by atoms with E-state index >= 15 is 0 Å². The molecule has 0 radical (unpaired) electrons. The van der Waals surface area contributed by atoms with E-state index in [0.717, 1.165) is 44.4 Å². The maximum atomic E-state index is 6.12. The predicted octanol–water partition coefficient (Wildman–Crippen LogP) is 6.52. The van der Waals surface area contributed by atoms with Crippen LogP contribution in [0.1, 0.15) is 43.6 Å². The van der Waals surface area contributed by atoms with Crippen molar-refractivity contribution in [2.24, 2.45) is 0 Å². The fraction of sp³-hybridized carbons (Fsp3) is 0.269. The lowest BCUT2D eigenvalue weighted by molar-refractivity contribution is 0.208. The van der Waals surface area contributed by atoms with Gasteiger partial charge < -0.3 is 9.64 Å². The molecule has 0 saturated heterocycles. The first-order valence-corrected chi connectivity index (χ1v) is 11.5. The van der Waals surface area contributed by atoms with Crippen LogP contribution in [-0.4, -0.2) is 21.5 Å². The van der Waals surface area contributed by atoms with E-state index in [1.807, 2.05) is 18.3 Å². The summed E-state index contributed by atoms with van der Waals surface area (Å²) in [6.07, 6.45) is 5.71. The van der Waals surface area contributed by atoms with Crippen LogP contribution in [0.2, 0.25) is 0 Å². The van der Waals surface area contributed by atoms with Crippen LogP contribution in [-0.2, 0) is 11.3 Å². The van der Waals surface area contributed by atoms with Gasteiger partial charge in [0.25, 0.3) is 0 Å². The molecule has 0 bridgehead atoms. The lowest BCUT2D eigenvalue weighted by atomic mass is 10.1.